The number of hydrogen-bond acceptors (Lipinski definition) is 4. The van der Waals surface area contributed by atoms with E-state index in [9.17, 15) is 0 Å². The topological polar surface area (TPSA) is 40.0 Å². The van der Waals surface area contributed by atoms with Crippen LogP contribution in [0.5, 0.6) is 17.2 Å². The van der Waals surface area contributed by atoms with Gasteiger partial charge in [0.05, 0.1) is 13.7 Å². The Morgan fingerprint density at radius 2 is 1.77 bits per heavy atom. The highest BCUT2D eigenvalue weighted by molar-refractivity contribution is 5.59. The van der Waals surface area contributed by atoms with Gasteiger partial charge in [-0.15, -0.1) is 0 Å². The van der Waals surface area contributed by atoms with Gasteiger partial charge in [-0.3, -0.25) is 4.99 Å². The molecule has 0 saturated heterocycles. The molecule has 4 nitrogen and oxygen atoms in total. The highest BCUT2D eigenvalue weighted by Crippen LogP contribution is 2.26. The first kappa shape index (κ1) is 19.8. The third-order valence-electron chi connectivity index (χ3n) is 4.05. The summed E-state index contributed by atoms with van der Waals surface area (Å²) >= 11 is 0. The second kappa shape index (κ2) is 10.5. The summed E-state index contributed by atoms with van der Waals surface area (Å²) in [6, 6.07) is 14.0. The second-order valence-electron chi connectivity index (χ2n) is 6.35. The van der Waals surface area contributed by atoms with E-state index in [2.05, 4.69) is 31.0 Å². The molecular weight excluding hydrogens is 326 g/mol. The first-order valence-electron chi connectivity index (χ1n) is 9.10. The molecule has 0 aliphatic rings. The van der Waals surface area contributed by atoms with E-state index in [1.807, 2.05) is 43.5 Å². The average Bonchev–Trinajstić information content (AvgIpc) is 2.63. The van der Waals surface area contributed by atoms with E-state index in [0.717, 1.165) is 30.2 Å². The van der Waals surface area contributed by atoms with Crippen molar-refractivity contribution in [1.82, 2.24) is 0 Å². The van der Waals surface area contributed by atoms with E-state index >= 15 is 0 Å². The zero-order valence-electron chi connectivity index (χ0n) is 16.2. The van der Waals surface area contributed by atoms with E-state index in [1.165, 1.54) is 11.1 Å². The van der Waals surface area contributed by atoms with Crippen molar-refractivity contribution in [1.29, 1.82) is 0 Å². The minimum absolute atomic E-state index is 0.443. The fraction of sp³-hybridized carbons (Fsp3) is 0.409. The number of aryl methyl sites for hydroxylation is 1. The van der Waals surface area contributed by atoms with Crippen molar-refractivity contribution in [3.8, 4) is 17.2 Å². The van der Waals surface area contributed by atoms with E-state index < -0.39 is 0 Å². The molecule has 0 N–H and O–H groups in total. The summed E-state index contributed by atoms with van der Waals surface area (Å²) in [5.74, 6) is 2.92. The van der Waals surface area contributed by atoms with Crippen LogP contribution in [0.1, 0.15) is 25.0 Å². The van der Waals surface area contributed by atoms with E-state index in [0.29, 0.717) is 19.1 Å². The Balaban J connectivity index is 1.77. The van der Waals surface area contributed by atoms with Gasteiger partial charge in [-0.25, -0.2) is 0 Å². The van der Waals surface area contributed by atoms with Crippen molar-refractivity contribution in [2.24, 2.45) is 10.9 Å². The van der Waals surface area contributed by atoms with Crippen LogP contribution in [-0.2, 0) is 6.42 Å². The minimum Gasteiger partial charge on any atom is -0.496 e. The zero-order chi connectivity index (χ0) is 18.8. The largest absolute Gasteiger partial charge is 0.496 e. The predicted molar refractivity (Wildman–Crippen MR) is 107 cm³/mol. The smallest absolute Gasteiger partial charge is 0.161 e. The number of methoxy groups -OCH3 is 1. The Hall–Kier alpha value is -2.49. The van der Waals surface area contributed by atoms with Gasteiger partial charge in [-0.05, 0) is 55.5 Å². The number of aliphatic imine (C=N–C) groups is 1. The molecule has 0 aliphatic heterocycles. The maximum atomic E-state index is 5.74. The standard InChI is InChI=1S/C22H29NO3/c1-5-25-21-8-6-7-9-22(21)26-13-12-23-16-17(2)14-19-10-11-20(24-4)18(3)15-19/h6-12,15,17H,5,13-14,16H2,1-4H3/t17-/m1/s1. The molecule has 2 aromatic rings. The fourth-order valence-corrected chi connectivity index (χ4v) is 2.81. The Morgan fingerprint density at radius 1 is 1.04 bits per heavy atom. The molecule has 1 atom stereocenters. The molecule has 4 heteroatoms. The molecule has 0 bridgehead atoms. The Kier molecular flexibility index (Phi) is 8.00. The molecule has 0 fully saturated rings. The van der Waals surface area contributed by atoms with Crippen LogP contribution in [0.3, 0.4) is 0 Å². The van der Waals surface area contributed by atoms with Gasteiger partial charge < -0.3 is 14.2 Å². The zero-order valence-corrected chi connectivity index (χ0v) is 16.2. The molecule has 140 valence electrons. The number of benzene rings is 2. The van der Waals surface area contributed by atoms with E-state index in [4.69, 9.17) is 14.2 Å². The summed E-state index contributed by atoms with van der Waals surface area (Å²) in [7, 11) is 1.70. The molecule has 0 radical (unpaired) electrons. The van der Waals surface area contributed by atoms with Crippen molar-refractivity contribution in [3.63, 3.8) is 0 Å². The Morgan fingerprint density at radius 3 is 2.42 bits per heavy atom. The van der Waals surface area contributed by atoms with Crippen LogP contribution in [0.4, 0.5) is 0 Å². The van der Waals surface area contributed by atoms with E-state index in [1.54, 1.807) is 7.11 Å². The van der Waals surface area contributed by atoms with Gasteiger partial charge in [0.1, 0.15) is 12.4 Å². The number of rotatable bonds is 10. The maximum Gasteiger partial charge on any atom is 0.161 e. The summed E-state index contributed by atoms with van der Waals surface area (Å²) < 4.78 is 16.6. The van der Waals surface area contributed by atoms with Gasteiger partial charge in [0.15, 0.2) is 11.5 Å². The highest BCUT2D eigenvalue weighted by Gasteiger charge is 2.06. The number of ether oxygens (including phenoxy) is 3. The van der Waals surface area contributed by atoms with Gasteiger partial charge in [0.25, 0.3) is 0 Å². The quantitative estimate of drug-likeness (QED) is 0.578. The highest BCUT2D eigenvalue weighted by atomic mass is 16.5. The molecular formula is C22H29NO3. The van der Waals surface area contributed by atoms with Gasteiger partial charge in [-0.2, -0.15) is 0 Å². The summed E-state index contributed by atoms with van der Waals surface area (Å²) in [4.78, 5) is 4.50. The molecule has 0 heterocycles. The van der Waals surface area contributed by atoms with Gasteiger partial charge in [-0.1, -0.05) is 31.2 Å². The molecule has 0 amide bonds. The van der Waals surface area contributed by atoms with Crippen molar-refractivity contribution in [2.45, 2.75) is 27.2 Å². The lowest BCUT2D eigenvalue weighted by molar-refractivity contribution is 0.302. The van der Waals surface area contributed by atoms with Crippen molar-refractivity contribution in [3.05, 3.63) is 53.6 Å². The molecule has 2 rings (SSSR count). The van der Waals surface area contributed by atoms with Crippen LogP contribution < -0.4 is 14.2 Å². The lowest BCUT2D eigenvalue weighted by Gasteiger charge is -2.11. The van der Waals surface area contributed by atoms with Crippen LogP contribution in [-0.4, -0.2) is 33.1 Å². The molecule has 0 aromatic heterocycles. The third kappa shape index (κ3) is 6.10. The van der Waals surface area contributed by atoms with Crippen molar-refractivity contribution < 1.29 is 14.2 Å². The first-order valence-corrected chi connectivity index (χ1v) is 9.10. The van der Waals surface area contributed by atoms with Crippen LogP contribution >= 0.6 is 0 Å². The molecule has 0 spiro atoms. The number of para-hydroxylation sites is 2. The number of hydrogen-bond donors (Lipinski definition) is 0. The van der Waals surface area contributed by atoms with E-state index in [-0.39, 0.29) is 0 Å². The lowest BCUT2D eigenvalue weighted by atomic mass is 9.99. The maximum absolute atomic E-state index is 5.74. The summed E-state index contributed by atoms with van der Waals surface area (Å²) in [6.07, 6.45) is 2.83. The van der Waals surface area contributed by atoms with Crippen LogP contribution in [0.25, 0.3) is 0 Å². The normalized spacial score (nSPS) is 12.2. The first-order chi connectivity index (χ1) is 12.6. The predicted octanol–water partition coefficient (Wildman–Crippen LogP) is 4.73. The number of nitrogens with zero attached hydrogens (tertiary/aromatic N) is 1. The van der Waals surface area contributed by atoms with Crippen LogP contribution in [0.2, 0.25) is 0 Å². The molecule has 0 unspecified atom stereocenters. The van der Waals surface area contributed by atoms with Crippen LogP contribution in [0.15, 0.2) is 47.5 Å². The van der Waals surface area contributed by atoms with Gasteiger partial charge >= 0.3 is 0 Å². The summed E-state index contributed by atoms with van der Waals surface area (Å²) in [5.41, 5.74) is 2.48. The monoisotopic (exact) mass is 355 g/mol. The fourth-order valence-electron chi connectivity index (χ4n) is 2.81. The average molecular weight is 355 g/mol. The minimum atomic E-state index is 0.443. The van der Waals surface area contributed by atoms with Gasteiger partial charge in [0.2, 0.25) is 0 Å². The Bertz CT molecular complexity index is 712. The molecule has 2 aromatic carbocycles. The van der Waals surface area contributed by atoms with Crippen LogP contribution in [0, 0.1) is 12.8 Å². The summed E-state index contributed by atoms with van der Waals surface area (Å²) in [5, 5.41) is 0. The van der Waals surface area contributed by atoms with Crippen molar-refractivity contribution in [2.75, 3.05) is 26.9 Å². The SMILES string of the molecule is CCOc1ccccc1OCC=NC[C@H](C)Cc1ccc(OC)c(C)c1. The molecule has 26 heavy (non-hydrogen) atoms. The third-order valence-corrected chi connectivity index (χ3v) is 4.05. The lowest BCUT2D eigenvalue weighted by Crippen LogP contribution is -2.06. The second-order valence-corrected chi connectivity index (χ2v) is 6.35. The van der Waals surface area contributed by atoms with Gasteiger partial charge in [0, 0.05) is 12.8 Å². The van der Waals surface area contributed by atoms with Crippen molar-refractivity contribution >= 4 is 6.21 Å². The molecule has 0 saturated carbocycles. The summed E-state index contributed by atoms with van der Waals surface area (Å²) in [6.45, 7) is 8.09. The Labute approximate surface area is 156 Å². The molecule has 0 aliphatic carbocycles.